The third-order valence-corrected chi connectivity index (χ3v) is 7.12. The second-order valence-electron chi connectivity index (χ2n) is 5.34. The first kappa shape index (κ1) is 22.1. The van der Waals surface area contributed by atoms with Crippen LogP contribution in [0.2, 0.25) is 0 Å². The highest BCUT2D eigenvalue weighted by atomic mass is 32.2. The molecular weight excluding hydrogens is 423 g/mol. The summed E-state index contributed by atoms with van der Waals surface area (Å²) in [5.74, 6) is 0. The summed E-state index contributed by atoms with van der Waals surface area (Å²) in [5.41, 5.74) is -4.05. The fourth-order valence-corrected chi connectivity index (χ4v) is 4.87. The van der Waals surface area contributed by atoms with Crippen molar-refractivity contribution in [2.45, 2.75) is 18.7 Å². The van der Waals surface area contributed by atoms with Crippen molar-refractivity contribution in [3.05, 3.63) is 71.8 Å². The van der Waals surface area contributed by atoms with Gasteiger partial charge in [0, 0.05) is 0 Å². The van der Waals surface area contributed by atoms with Gasteiger partial charge in [-0.3, -0.25) is 4.18 Å². The molecule has 0 radical (unpaired) electrons. The van der Waals surface area contributed by atoms with Crippen LogP contribution in [-0.2, 0) is 36.6 Å². The number of alkyl halides is 3. The van der Waals surface area contributed by atoms with Crippen molar-refractivity contribution in [3.63, 3.8) is 0 Å². The first-order valence-electron chi connectivity index (χ1n) is 7.57. The molecule has 11 heteroatoms. The lowest BCUT2D eigenvalue weighted by molar-refractivity contribution is -0.0533. The van der Waals surface area contributed by atoms with E-state index in [0.717, 1.165) is 11.1 Å². The molecule has 0 saturated carbocycles. The van der Waals surface area contributed by atoms with Gasteiger partial charge in [-0.25, -0.2) is 0 Å². The number of benzene rings is 2. The van der Waals surface area contributed by atoms with Crippen molar-refractivity contribution in [3.8, 4) is 0 Å². The fraction of sp³-hybridized carbons (Fsp3) is 0.250. The zero-order chi connectivity index (χ0) is 20.0. The molecule has 2 aromatic rings. The Balaban J connectivity index is 2.10. The van der Waals surface area contributed by atoms with Gasteiger partial charge in [0.2, 0.25) is 0 Å². The van der Waals surface area contributed by atoms with E-state index < -0.39 is 29.0 Å². The number of hydrogen-bond acceptors (Lipinski definition) is 5. The number of halogens is 3. The van der Waals surface area contributed by atoms with Crippen molar-refractivity contribution in [1.29, 1.82) is 0 Å². The molecule has 0 aliphatic rings. The van der Waals surface area contributed by atoms with Crippen LogP contribution in [0.5, 0.6) is 0 Å². The average molecular weight is 440 g/mol. The normalized spacial score (nSPS) is 12.9. The van der Waals surface area contributed by atoms with Gasteiger partial charge >= 0.3 is 15.6 Å². The lowest BCUT2D eigenvalue weighted by Gasteiger charge is -2.24. The summed E-state index contributed by atoms with van der Waals surface area (Å²) in [7, 11) is -5.83. The lowest BCUT2D eigenvalue weighted by atomic mass is 10.2. The van der Waals surface area contributed by atoms with Crippen molar-refractivity contribution in [2.24, 2.45) is 0 Å². The Bertz CT molecular complexity index is 826. The quantitative estimate of drug-likeness (QED) is 0.307. The van der Waals surface area contributed by atoms with Crippen molar-refractivity contribution in [2.75, 3.05) is 6.35 Å². The van der Waals surface area contributed by atoms with Gasteiger partial charge in [-0.05, 0) is 11.1 Å². The maximum atomic E-state index is 12.5. The summed E-state index contributed by atoms with van der Waals surface area (Å²) in [6, 6.07) is 17.7. The third kappa shape index (κ3) is 7.03. The van der Waals surface area contributed by atoms with Crippen LogP contribution in [0.4, 0.5) is 13.2 Å². The predicted octanol–water partition coefficient (Wildman–Crippen LogP) is 5.15. The van der Waals surface area contributed by atoms with Crippen LogP contribution >= 0.6 is 15.5 Å². The molecule has 0 aliphatic carbocycles. The molecule has 27 heavy (non-hydrogen) atoms. The topological polar surface area (TPSA) is 61.8 Å². The molecule has 2 rings (SSSR count). The van der Waals surface area contributed by atoms with Crippen LogP contribution in [0.3, 0.4) is 0 Å². The van der Waals surface area contributed by atoms with Gasteiger partial charge in [-0.15, -0.1) is 0 Å². The van der Waals surface area contributed by atoms with E-state index in [1.54, 1.807) is 60.7 Å². The minimum atomic E-state index is -5.76. The summed E-state index contributed by atoms with van der Waals surface area (Å²) >= 11 is 0. The van der Waals surface area contributed by atoms with E-state index in [-0.39, 0.29) is 13.2 Å². The van der Waals surface area contributed by atoms with Crippen LogP contribution in [-0.4, -0.2) is 20.3 Å². The minimum absolute atomic E-state index is 0.00231. The molecule has 0 N–H and O–H groups in total. The Kier molecular flexibility index (Phi) is 7.63. The summed E-state index contributed by atoms with van der Waals surface area (Å²) in [5, 5.41) is 0. The van der Waals surface area contributed by atoms with Gasteiger partial charge in [0.1, 0.15) is 6.35 Å². The standard InChI is InChI=1S/C16H17F3O5P2S/c17-16(18,19)27(20,21)24-13-26(25,22-11-14-7-3-1-4-8-14)23-12-15-9-5-2-6-10-15/h1-10,25H,11-13H2. The fourth-order valence-electron chi connectivity index (χ4n) is 1.82. The Hall–Kier alpha value is -1.21. The summed E-state index contributed by atoms with van der Waals surface area (Å²) in [4.78, 5) is 0. The van der Waals surface area contributed by atoms with Crippen LogP contribution in [0.25, 0.3) is 0 Å². The van der Waals surface area contributed by atoms with E-state index in [0.29, 0.717) is 0 Å². The van der Waals surface area contributed by atoms with Gasteiger partial charge in [0.25, 0.3) is 0 Å². The maximum Gasteiger partial charge on any atom is 0.523 e. The Morgan fingerprint density at radius 3 is 1.63 bits per heavy atom. The van der Waals surface area contributed by atoms with Crippen LogP contribution in [0.15, 0.2) is 60.7 Å². The largest absolute Gasteiger partial charge is 0.523 e. The first-order valence-corrected chi connectivity index (χ1v) is 12.1. The number of rotatable bonds is 9. The summed E-state index contributed by atoms with van der Waals surface area (Å²) < 4.78 is 75.2. The van der Waals surface area contributed by atoms with E-state index >= 15 is 0 Å². The molecule has 0 fully saturated rings. The molecule has 0 bridgehead atoms. The van der Waals surface area contributed by atoms with Gasteiger partial charge in [-0.1, -0.05) is 69.2 Å². The highest BCUT2D eigenvalue weighted by Crippen LogP contribution is 2.55. The monoisotopic (exact) mass is 440 g/mol. The zero-order valence-electron chi connectivity index (χ0n) is 13.9. The van der Waals surface area contributed by atoms with Gasteiger partial charge < -0.3 is 9.05 Å². The van der Waals surface area contributed by atoms with Crippen LogP contribution in [0, 0.1) is 0 Å². The van der Waals surface area contributed by atoms with E-state index in [9.17, 15) is 21.6 Å². The van der Waals surface area contributed by atoms with Gasteiger partial charge in [0.05, 0.1) is 13.2 Å². The van der Waals surface area contributed by atoms with Crippen molar-refractivity contribution >= 4 is 25.6 Å². The SMILES string of the molecule is O=S(=O)(OCP(=P)(OCc1ccccc1)OCc1ccccc1)C(F)(F)F. The zero-order valence-corrected chi connectivity index (χ0v) is 16.6. The third-order valence-electron chi connectivity index (χ3n) is 3.23. The molecule has 0 atom stereocenters. The maximum absolute atomic E-state index is 12.5. The average Bonchev–Trinajstić information content (AvgIpc) is 2.64. The molecule has 5 nitrogen and oxygen atoms in total. The van der Waals surface area contributed by atoms with E-state index in [4.69, 9.17) is 9.05 Å². The van der Waals surface area contributed by atoms with Crippen LogP contribution < -0.4 is 0 Å². The summed E-state index contributed by atoms with van der Waals surface area (Å²) in [6.07, 6.45) is -0.925. The molecule has 0 saturated heterocycles. The molecule has 0 aromatic heterocycles. The Morgan fingerprint density at radius 1 is 0.852 bits per heavy atom. The second-order valence-corrected chi connectivity index (χ2v) is 11.1. The minimum Gasteiger partial charge on any atom is -0.328 e. The Labute approximate surface area is 157 Å². The molecule has 0 aliphatic heterocycles. The highest BCUT2D eigenvalue weighted by molar-refractivity contribution is 7.93. The smallest absolute Gasteiger partial charge is 0.328 e. The predicted molar refractivity (Wildman–Crippen MR) is 98.6 cm³/mol. The second kappa shape index (κ2) is 9.32. The van der Waals surface area contributed by atoms with Crippen LogP contribution in [0.1, 0.15) is 11.1 Å². The molecule has 0 unspecified atom stereocenters. The Morgan fingerprint density at radius 2 is 1.26 bits per heavy atom. The van der Waals surface area contributed by atoms with E-state index in [1.165, 1.54) is 0 Å². The summed E-state index contributed by atoms with van der Waals surface area (Å²) in [6.45, 7) is 0.00463. The lowest BCUT2D eigenvalue weighted by Crippen LogP contribution is -2.26. The molecule has 0 heterocycles. The van der Waals surface area contributed by atoms with E-state index in [2.05, 4.69) is 12.7 Å². The van der Waals surface area contributed by atoms with Crippen molar-refractivity contribution < 1.29 is 34.8 Å². The molecule has 0 spiro atoms. The highest BCUT2D eigenvalue weighted by Gasteiger charge is 2.48. The van der Waals surface area contributed by atoms with E-state index in [1.807, 2.05) is 0 Å². The molecular formula is C16H17F3O5P2S. The molecule has 0 amide bonds. The van der Waals surface area contributed by atoms with Gasteiger partial charge in [0.15, 0.2) is 7.00 Å². The molecule has 2 aromatic carbocycles. The van der Waals surface area contributed by atoms with Crippen molar-refractivity contribution in [1.82, 2.24) is 0 Å². The van der Waals surface area contributed by atoms with Gasteiger partial charge in [-0.2, -0.15) is 21.6 Å². The molecule has 148 valence electrons. The number of hydrogen-bond donors (Lipinski definition) is 0. The first-order chi connectivity index (χ1) is 12.6.